The molecule has 1 aliphatic carbocycles. The molecule has 5 nitrogen and oxygen atoms in total. The average Bonchev–Trinajstić information content (AvgIpc) is 3.23. The second kappa shape index (κ2) is 8.13. The zero-order valence-corrected chi connectivity index (χ0v) is 12.3. The van der Waals surface area contributed by atoms with Gasteiger partial charge in [-0.1, -0.05) is 0 Å². The van der Waals surface area contributed by atoms with Gasteiger partial charge >= 0.3 is 0 Å². The number of nitriles is 1. The van der Waals surface area contributed by atoms with Crippen LogP contribution < -0.4 is 0 Å². The smallest absolute Gasteiger partial charge is 0.236 e. The number of carbonyl (C=O) groups excluding carboxylic acids is 1. The summed E-state index contributed by atoms with van der Waals surface area (Å²) in [5, 5.41) is 8.55. The first kappa shape index (κ1) is 15.9. The number of amides is 1. The molecule has 0 aromatic carbocycles. The molecule has 0 heterocycles. The number of likely N-dealkylation sites (N-methyl/N-ethyl adjacent to an activating group) is 1. The molecule has 0 N–H and O–H groups in total. The largest absolute Gasteiger partial charge is 0.383 e. The fraction of sp³-hybridized carbons (Fsp3) is 0.857. The van der Waals surface area contributed by atoms with Gasteiger partial charge in [-0.15, -0.1) is 0 Å². The molecule has 0 bridgehead atoms. The lowest BCUT2D eigenvalue weighted by atomic mass is 10.2. The Bertz CT molecular complexity index is 323. The lowest BCUT2D eigenvalue weighted by molar-refractivity contribution is -0.131. The van der Waals surface area contributed by atoms with Gasteiger partial charge in [-0.3, -0.25) is 9.69 Å². The Kier molecular flexibility index (Phi) is 6.82. The van der Waals surface area contributed by atoms with E-state index in [4.69, 9.17) is 10.00 Å². The predicted octanol–water partition coefficient (Wildman–Crippen LogP) is 1.11. The Morgan fingerprint density at radius 1 is 1.47 bits per heavy atom. The lowest BCUT2D eigenvalue weighted by Crippen LogP contribution is -2.44. The number of hydrogen-bond donors (Lipinski definition) is 0. The predicted molar refractivity (Wildman–Crippen MR) is 73.5 cm³/mol. The van der Waals surface area contributed by atoms with Crippen LogP contribution in [-0.4, -0.2) is 62.1 Å². The lowest BCUT2D eigenvalue weighted by Gasteiger charge is -2.30. The SMILES string of the molecule is COCCN(CC(=O)N(C)CCC#N)C(C)C1CC1. The van der Waals surface area contributed by atoms with Crippen molar-refractivity contribution in [1.82, 2.24) is 9.80 Å². The maximum Gasteiger partial charge on any atom is 0.236 e. The van der Waals surface area contributed by atoms with E-state index in [1.807, 2.05) is 0 Å². The molecule has 1 rings (SSSR count). The second-order valence-corrected chi connectivity index (χ2v) is 5.26. The summed E-state index contributed by atoms with van der Waals surface area (Å²) in [7, 11) is 3.44. The summed E-state index contributed by atoms with van der Waals surface area (Å²) < 4.78 is 5.12. The fourth-order valence-corrected chi connectivity index (χ4v) is 2.15. The minimum absolute atomic E-state index is 0.0823. The minimum Gasteiger partial charge on any atom is -0.383 e. The Hall–Kier alpha value is -1.12. The van der Waals surface area contributed by atoms with E-state index in [0.29, 0.717) is 32.2 Å². The van der Waals surface area contributed by atoms with Crippen LogP contribution in [-0.2, 0) is 9.53 Å². The third-order valence-electron chi connectivity index (χ3n) is 3.79. The van der Waals surface area contributed by atoms with Gasteiger partial charge in [0.25, 0.3) is 0 Å². The maximum atomic E-state index is 12.1. The number of methoxy groups -OCH3 is 1. The van der Waals surface area contributed by atoms with Crippen LogP contribution in [0.15, 0.2) is 0 Å². The normalized spacial score (nSPS) is 16.2. The number of nitrogens with zero attached hydrogens (tertiary/aromatic N) is 3. The highest BCUT2D eigenvalue weighted by molar-refractivity contribution is 5.78. The van der Waals surface area contributed by atoms with Gasteiger partial charge in [-0.2, -0.15) is 5.26 Å². The number of rotatable bonds is 9. The summed E-state index contributed by atoms with van der Waals surface area (Å²) in [6.45, 7) is 4.54. The van der Waals surface area contributed by atoms with Gasteiger partial charge in [0, 0.05) is 33.3 Å². The van der Waals surface area contributed by atoms with Gasteiger partial charge in [0.05, 0.1) is 25.6 Å². The molecule has 0 saturated heterocycles. The second-order valence-electron chi connectivity index (χ2n) is 5.26. The number of carbonyl (C=O) groups is 1. The summed E-state index contributed by atoms with van der Waals surface area (Å²) in [6.07, 6.45) is 2.92. The van der Waals surface area contributed by atoms with Crippen LogP contribution in [0.1, 0.15) is 26.2 Å². The molecule has 1 unspecified atom stereocenters. The van der Waals surface area contributed by atoms with E-state index in [2.05, 4.69) is 17.9 Å². The first-order valence-electron chi connectivity index (χ1n) is 6.94. The summed E-state index contributed by atoms with van der Waals surface area (Å²) in [5.41, 5.74) is 0. The van der Waals surface area contributed by atoms with Crippen LogP contribution in [0, 0.1) is 17.2 Å². The van der Waals surface area contributed by atoms with Crippen molar-refractivity contribution in [2.24, 2.45) is 5.92 Å². The molecule has 1 amide bonds. The van der Waals surface area contributed by atoms with Crippen LogP contribution in [0.25, 0.3) is 0 Å². The summed E-state index contributed by atoms with van der Waals surface area (Å²) >= 11 is 0. The third-order valence-corrected chi connectivity index (χ3v) is 3.79. The summed E-state index contributed by atoms with van der Waals surface area (Å²) in [6, 6.07) is 2.50. The van der Waals surface area contributed by atoms with Crippen molar-refractivity contribution in [3.63, 3.8) is 0 Å². The van der Waals surface area contributed by atoms with Crippen molar-refractivity contribution < 1.29 is 9.53 Å². The van der Waals surface area contributed by atoms with Crippen LogP contribution in [0.3, 0.4) is 0 Å². The first-order valence-corrected chi connectivity index (χ1v) is 6.94. The molecule has 0 aromatic heterocycles. The van der Waals surface area contributed by atoms with E-state index in [0.717, 1.165) is 12.5 Å². The highest BCUT2D eigenvalue weighted by Gasteiger charge is 2.32. The quantitative estimate of drug-likeness (QED) is 0.628. The van der Waals surface area contributed by atoms with Crippen molar-refractivity contribution in [1.29, 1.82) is 5.26 Å². The molecular weight excluding hydrogens is 242 g/mol. The number of ether oxygens (including phenoxy) is 1. The zero-order valence-electron chi connectivity index (χ0n) is 12.3. The van der Waals surface area contributed by atoms with Crippen molar-refractivity contribution in [2.45, 2.75) is 32.2 Å². The molecule has 19 heavy (non-hydrogen) atoms. The van der Waals surface area contributed by atoms with Gasteiger partial charge in [-0.05, 0) is 25.7 Å². The van der Waals surface area contributed by atoms with Gasteiger partial charge < -0.3 is 9.64 Å². The molecule has 1 saturated carbocycles. The topological polar surface area (TPSA) is 56.6 Å². The van der Waals surface area contributed by atoms with Crippen molar-refractivity contribution in [3.05, 3.63) is 0 Å². The molecule has 0 spiro atoms. The fourth-order valence-electron chi connectivity index (χ4n) is 2.15. The van der Waals surface area contributed by atoms with Gasteiger partial charge in [0.1, 0.15) is 0 Å². The van der Waals surface area contributed by atoms with Crippen LogP contribution >= 0.6 is 0 Å². The van der Waals surface area contributed by atoms with Gasteiger partial charge in [0.15, 0.2) is 0 Å². The molecule has 1 aliphatic rings. The van der Waals surface area contributed by atoms with E-state index in [9.17, 15) is 4.79 Å². The van der Waals surface area contributed by atoms with E-state index in [1.165, 1.54) is 12.8 Å². The highest BCUT2D eigenvalue weighted by Crippen LogP contribution is 2.35. The molecule has 108 valence electrons. The van der Waals surface area contributed by atoms with Gasteiger partial charge in [0.2, 0.25) is 5.91 Å². The van der Waals surface area contributed by atoms with E-state index in [-0.39, 0.29) is 5.91 Å². The standard InChI is InChI=1S/C14H25N3O2/c1-12(13-5-6-13)17(9-10-19-3)11-14(18)16(2)8-4-7-15/h12-13H,4-6,8-11H2,1-3H3. The first-order chi connectivity index (χ1) is 9.10. The maximum absolute atomic E-state index is 12.1. The average molecular weight is 267 g/mol. The molecule has 0 aromatic rings. The Morgan fingerprint density at radius 2 is 2.16 bits per heavy atom. The molecule has 5 heteroatoms. The summed E-state index contributed by atoms with van der Waals surface area (Å²) in [4.78, 5) is 15.9. The molecule has 0 aliphatic heterocycles. The van der Waals surface area contributed by atoms with Crippen LogP contribution in [0.4, 0.5) is 0 Å². The van der Waals surface area contributed by atoms with Crippen molar-refractivity contribution in [3.8, 4) is 6.07 Å². The number of hydrogen-bond acceptors (Lipinski definition) is 4. The Balaban J connectivity index is 2.45. The van der Waals surface area contributed by atoms with Crippen molar-refractivity contribution in [2.75, 3.05) is 40.4 Å². The van der Waals surface area contributed by atoms with Crippen molar-refractivity contribution >= 4 is 5.91 Å². The molecular formula is C14H25N3O2. The van der Waals surface area contributed by atoms with Crippen LogP contribution in [0.2, 0.25) is 0 Å². The Morgan fingerprint density at radius 3 is 2.68 bits per heavy atom. The molecule has 1 atom stereocenters. The minimum atomic E-state index is 0.0823. The molecule has 1 fully saturated rings. The van der Waals surface area contributed by atoms with Crippen LogP contribution in [0.5, 0.6) is 0 Å². The molecule has 0 radical (unpaired) electrons. The van der Waals surface area contributed by atoms with E-state index in [1.54, 1.807) is 19.1 Å². The van der Waals surface area contributed by atoms with Gasteiger partial charge in [-0.25, -0.2) is 0 Å². The van der Waals surface area contributed by atoms with E-state index < -0.39 is 0 Å². The third kappa shape index (κ3) is 5.58. The summed E-state index contributed by atoms with van der Waals surface area (Å²) in [5.74, 6) is 0.813. The highest BCUT2D eigenvalue weighted by atomic mass is 16.5. The monoisotopic (exact) mass is 267 g/mol. The van der Waals surface area contributed by atoms with E-state index >= 15 is 0 Å². The Labute approximate surface area is 116 Å². The zero-order chi connectivity index (χ0) is 14.3.